The number of nitrogens with zero attached hydrogens (tertiary/aromatic N) is 2. The Kier molecular flexibility index (Phi) is 6.61. The Morgan fingerprint density at radius 3 is 3.00 bits per heavy atom. The molecule has 0 aromatic carbocycles. The van der Waals surface area contributed by atoms with Gasteiger partial charge in [0.2, 0.25) is 5.95 Å². The Labute approximate surface area is 114 Å². The summed E-state index contributed by atoms with van der Waals surface area (Å²) in [5, 5.41) is 3.34. The number of hydrogen-bond acceptors (Lipinski definition) is 6. The molecular weight excluding hydrogens is 302 g/mol. The minimum Gasteiger partial charge on any atom is -0.366 e. The van der Waals surface area contributed by atoms with Crippen LogP contribution in [0.3, 0.4) is 0 Å². The predicted molar refractivity (Wildman–Crippen MR) is 78.2 cm³/mol. The van der Waals surface area contributed by atoms with Crippen molar-refractivity contribution in [3.05, 3.63) is 10.7 Å². The highest BCUT2D eigenvalue weighted by atomic mass is 79.9. The third-order valence-corrected chi connectivity index (χ3v) is 3.67. The largest absolute Gasteiger partial charge is 0.366 e. The molecular formula is C10H18BrN5S. The van der Waals surface area contributed by atoms with Gasteiger partial charge in [-0.15, -0.1) is 0 Å². The number of rotatable bonds is 7. The van der Waals surface area contributed by atoms with E-state index in [9.17, 15) is 0 Å². The molecule has 0 saturated carbocycles. The van der Waals surface area contributed by atoms with Crippen molar-refractivity contribution in [2.75, 3.05) is 22.2 Å². The second-order valence-electron chi connectivity index (χ2n) is 3.57. The first-order valence-electron chi connectivity index (χ1n) is 5.50. The summed E-state index contributed by atoms with van der Waals surface area (Å²) in [6.07, 6.45) is 2.78. The molecule has 1 aromatic rings. The van der Waals surface area contributed by atoms with Gasteiger partial charge in [-0.3, -0.25) is 5.43 Å². The molecule has 0 aliphatic carbocycles. The zero-order valence-electron chi connectivity index (χ0n) is 10.0. The molecule has 0 radical (unpaired) electrons. The average Bonchev–Trinajstić information content (AvgIpc) is 2.32. The Hall–Kier alpha value is -0.530. The van der Waals surface area contributed by atoms with E-state index in [0.717, 1.165) is 28.2 Å². The van der Waals surface area contributed by atoms with Crippen LogP contribution in [0.2, 0.25) is 0 Å². The second kappa shape index (κ2) is 7.73. The molecule has 0 saturated heterocycles. The van der Waals surface area contributed by atoms with Crippen LogP contribution in [-0.4, -0.2) is 27.5 Å². The lowest BCUT2D eigenvalue weighted by Gasteiger charge is -2.15. The molecule has 17 heavy (non-hydrogen) atoms. The van der Waals surface area contributed by atoms with Gasteiger partial charge in [-0.2, -0.15) is 16.7 Å². The van der Waals surface area contributed by atoms with Crippen LogP contribution in [0.25, 0.3) is 0 Å². The van der Waals surface area contributed by atoms with Crippen molar-refractivity contribution in [2.24, 2.45) is 5.84 Å². The lowest BCUT2D eigenvalue weighted by Crippen LogP contribution is -2.19. The highest BCUT2D eigenvalue weighted by Crippen LogP contribution is 2.21. The lowest BCUT2D eigenvalue weighted by molar-refractivity contribution is 0.765. The molecule has 1 atom stereocenters. The monoisotopic (exact) mass is 319 g/mol. The minimum atomic E-state index is 0.367. The number of thioether (sulfide) groups is 1. The molecule has 1 aromatic heterocycles. The van der Waals surface area contributed by atoms with E-state index in [1.165, 1.54) is 0 Å². The summed E-state index contributed by atoms with van der Waals surface area (Å²) in [5.74, 6) is 8.76. The van der Waals surface area contributed by atoms with E-state index in [1.807, 2.05) is 11.8 Å². The van der Waals surface area contributed by atoms with Crippen molar-refractivity contribution in [3.63, 3.8) is 0 Å². The van der Waals surface area contributed by atoms with E-state index >= 15 is 0 Å². The van der Waals surface area contributed by atoms with Gasteiger partial charge in [0.15, 0.2) is 0 Å². The smallest absolute Gasteiger partial charge is 0.239 e. The first-order valence-corrected chi connectivity index (χ1v) is 7.45. The normalized spacial score (nSPS) is 12.2. The zero-order valence-corrected chi connectivity index (χ0v) is 12.4. The number of hydrogen-bond donors (Lipinski definition) is 3. The third kappa shape index (κ3) is 5.10. The van der Waals surface area contributed by atoms with Crippen LogP contribution in [-0.2, 0) is 0 Å². The van der Waals surface area contributed by atoms with E-state index in [4.69, 9.17) is 5.84 Å². The van der Waals surface area contributed by atoms with Crippen LogP contribution in [0.15, 0.2) is 10.7 Å². The lowest BCUT2D eigenvalue weighted by atomic mass is 10.2. The van der Waals surface area contributed by atoms with Gasteiger partial charge in [0, 0.05) is 12.2 Å². The Balaban J connectivity index is 2.54. The van der Waals surface area contributed by atoms with Gasteiger partial charge in [-0.05, 0) is 40.8 Å². The van der Waals surface area contributed by atoms with Crippen molar-refractivity contribution >= 4 is 39.5 Å². The van der Waals surface area contributed by atoms with Gasteiger partial charge >= 0.3 is 0 Å². The summed E-state index contributed by atoms with van der Waals surface area (Å²) < 4.78 is 0.839. The number of aromatic nitrogens is 2. The molecule has 0 fully saturated rings. The van der Waals surface area contributed by atoms with Crippen LogP contribution in [0, 0.1) is 0 Å². The Morgan fingerprint density at radius 1 is 1.59 bits per heavy atom. The summed E-state index contributed by atoms with van der Waals surface area (Å²) in [4.78, 5) is 8.25. The first kappa shape index (κ1) is 14.5. The summed E-state index contributed by atoms with van der Waals surface area (Å²) in [7, 11) is 0. The van der Waals surface area contributed by atoms with Crippen LogP contribution in [0.4, 0.5) is 11.8 Å². The van der Waals surface area contributed by atoms with Crippen molar-refractivity contribution < 1.29 is 0 Å². The maximum Gasteiger partial charge on any atom is 0.239 e. The highest BCUT2D eigenvalue weighted by Gasteiger charge is 2.08. The molecule has 0 amide bonds. The summed E-state index contributed by atoms with van der Waals surface area (Å²) in [6.45, 7) is 4.31. The Morgan fingerprint density at radius 2 is 2.35 bits per heavy atom. The van der Waals surface area contributed by atoms with Crippen LogP contribution < -0.4 is 16.6 Å². The molecule has 0 spiro atoms. The summed E-state index contributed by atoms with van der Waals surface area (Å²) in [5.41, 5.74) is 2.43. The molecule has 1 unspecified atom stereocenters. The van der Waals surface area contributed by atoms with Gasteiger partial charge in [-0.1, -0.05) is 6.92 Å². The molecule has 7 heteroatoms. The summed E-state index contributed by atoms with van der Waals surface area (Å²) >= 11 is 5.35. The maximum absolute atomic E-state index is 5.28. The topological polar surface area (TPSA) is 75.9 Å². The number of halogens is 1. The van der Waals surface area contributed by atoms with Crippen LogP contribution >= 0.6 is 27.7 Å². The summed E-state index contributed by atoms with van der Waals surface area (Å²) in [6, 6.07) is 0.367. The number of hydrazine groups is 1. The standard InChI is InChI=1S/C10H18BrN5S/c1-3-17-5-4-7(2)14-9-8(11)6-13-10(15-9)16-12/h6-7H,3-5,12H2,1-2H3,(H2,13,14,15,16). The van der Waals surface area contributed by atoms with E-state index in [0.29, 0.717) is 12.0 Å². The molecule has 0 bridgehead atoms. The quantitative estimate of drug-likeness (QED) is 0.407. The first-order chi connectivity index (χ1) is 8.17. The van der Waals surface area contributed by atoms with Gasteiger partial charge in [0.05, 0.1) is 4.47 Å². The number of nitrogens with two attached hydrogens (primary N) is 1. The van der Waals surface area contributed by atoms with Crippen molar-refractivity contribution in [3.8, 4) is 0 Å². The zero-order chi connectivity index (χ0) is 12.7. The van der Waals surface area contributed by atoms with Gasteiger partial charge in [-0.25, -0.2) is 10.8 Å². The van der Waals surface area contributed by atoms with Gasteiger partial charge in [0.25, 0.3) is 0 Å². The van der Waals surface area contributed by atoms with Crippen molar-refractivity contribution in [1.29, 1.82) is 0 Å². The number of anilines is 2. The Bertz CT molecular complexity index is 349. The van der Waals surface area contributed by atoms with E-state index < -0.39 is 0 Å². The average molecular weight is 320 g/mol. The van der Waals surface area contributed by atoms with Crippen molar-refractivity contribution in [1.82, 2.24) is 9.97 Å². The molecule has 0 aliphatic rings. The number of nitrogens with one attached hydrogen (secondary N) is 2. The third-order valence-electron chi connectivity index (χ3n) is 2.16. The molecule has 5 nitrogen and oxygen atoms in total. The molecule has 0 aliphatic heterocycles. The number of nitrogen functional groups attached to an aromatic ring is 1. The maximum atomic E-state index is 5.28. The van der Waals surface area contributed by atoms with Crippen LogP contribution in [0.5, 0.6) is 0 Å². The van der Waals surface area contributed by atoms with Gasteiger partial charge in [0.1, 0.15) is 5.82 Å². The molecule has 1 heterocycles. The molecule has 1 rings (SSSR count). The molecule has 96 valence electrons. The van der Waals surface area contributed by atoms with Gasteiger partial charge < -0.3 is 5.32 Å². The van der Waals surface area contributed by atoms with E-state index in [1.54, 1.807) is 6.20 Å². The fraction of sp³-hybridized carbons (Fsp3) is 0.600. The minimum absolute atomic E-state index is 0.367. The van der Waals surface area contributed by atoms with Crippen molar-refractivity contribution in [2.45, 2.75) is 26.3 Å². The predicted octanol–water partition coefficient (Wildman–Crippen LogP) is 2.47. The fourth-order valence-corrected chi connectivity index (χ4v) is 2.36. The SMILES string of the molecule is CCSCCC(C)Nc1nc(NN)ncc1Br. The highest BCUT2D eigenvalue weighted by molar-refractivity contribution is 9.10. The second-order valence-corrected chi connectivity index (χ2v) is 5.81. The fourth-order valence-electron chi connectivity index (χ4n) is 1.25. The van der Waals surface area contributed by atoms with Crippen LogP contribution in [0.1, 0.15) is 20.3 Å². The van der Waals surface area contributed by atoms with E-state index in [-0.39, 0.29) is 0 Å². The molecule has 4 N–H and O–H groups in total. The van der Waals surface area contributed by atoms with E-state index in [2.05, 4.69) is 50.5 Å².